The van der Waals surface area contributed by atoms with Crippen LogP contribution < -0.4 is 11.1 Å². The number of carbonyl (C=O) groups is 1. The summed E-state index contributed by atoms with van der Waals surface area (Å²) in [6, 6.07) is 3.14. The molecule has 0 aliphatic carbocycles. The molecule has 0 saturated heterocycles. The van der Waals surface area contributed by atoms with Crippen molar-refractivity contribution in [1.82, 2.24) is 15.3 Å². The number of nitrogens with two attached hydrogens (primary N) is 1. The van der Waals surface area contributed by atoms with E-state index in [2.05, 4.69) is 15.3 Å². The Kier molecular flexibility index (Phi) is 3.88. The van der Waals surface area contributed by atoms with Gasteiger partial charge >= 0.3 is 0 Å². The molecule has 0 aliphatic heterocycles. The van der Waals surface area contributed by atoms with Gasteiger partial charge in [-0.2, -0.15) is 0 Å². The van der Waals surface area contributed by atoms with E-state index in [-0.39, 0.29) is 11.9 Å². The van der Waals surface area contributed by atoms with E-state index in [9.17, 15) is 4.79 Å². The van der Waals surface area contributed by atoms with Gasteiger partial charge in [-0.1, -0.05) is 6.92 Å². The van der Waals surface area contributed by atoms with Crippen molar-refractivity contribution in [2.45, 2.75) is 19.4 Å². The number of rotatable bonds is 4. The van der Waals surface area contributed by atoms with Gasteiger partial charge in [0.15, 0.2) is 0 Å². The zero-order valence-electron chi connectivity index (χ0n) is 9.96. The number of amides is 1. The Hall–Kier alpha value is -1.95. The van der Waals surface area contributed by atoms with Crippen molar-refractivity contribution < 1.29 is 4.79 Å². The third-order valence-electron chi connectivity index (χ3n) is 2.51. The van der Waals surface area contributed by atoms with Crippen molar-refractivity contribution in [3.05, 3.63) is 40.5 Å². The second-order valence-electron chi connectivity index (χ2n) is 3.77. The number of aromatic nitrogens is 2. The average molecular weight is 262 g/mol. The van der Waals surface area contributed by atoms with E-state index in [1.807, 2.05) is 12.3 Å². The molecule has 0 aliphatic rings. The van der Waals surface area contributed by atoms with E-state index in [4.69, 9.17) is 5.73 Å². The number of anilines is 1. The van der Waals surface area contributed by atoms with Crippen molar-refractivity contribution >= 4 is 23.1 Å². The van der Waals surface area contributed by atoms with Gasteiger partial charge < -0.3 is 11.1 Å². The van der Waals surface area contributed by atoms with Crippen LogP contribution in [-0.2, 0) is 0 Å². The van der Waals surface area contributed by atoms with Gasteiger partial charge in [-0.25, -0.2) is 9.97 Å². The molecule has 0 spiro atoms. The normalized spacial score (nSPS) is 12.1. The van der Waals surface area contributed by atoms with E-state index in [0.29, 0.717) is 11.4 Å². The third-order valence-corrected chi connectivity index (χ3v) is 3.40. The van der Waals surface area contributed by atoms with Crippen molar-refractivity contribution in [1.29, 1.82) is 0 Å². The van der Waals surface area contributed by atoms with E-state index in [1.54, 1.807) is 18.3 Å². The highest BCUT2D eigenvalue weighted by Crippen LogP contribution is 2.19. The van der Waals surface area contributed by atoms with Gasteiger partial charge in [-0.3, -0.25) is 4.79 Å². The maximum atomic E-state index is 12.0. The standard InChI is InChI=1S/C12H14N4OS/c1-2-9(12-15-5-6-18-12)16-11(17)8-3-4-14-10(13)7-8/h3-7,9H,2H2,1H3,(H2,13,14)(H,16,17). The summed E-state index contributed by atoms with van der Waals surface area (Å²) >= 11 is 1.53. The van der Waals surface area contributed by atoms with Crippen LogP contribution in [0.4, 0.5) is 5.82 Å². The minimum Gasteiger partial charge on any atom is -0.384 e. The first-order valence-corrected chi connectivity index (χ1v) is 6.50. The average Bonchev–Trinajstić information content (AvgIpc) is 2.89. The number of hydrogen-bond acceptors (Lipinski definition) is 5. The zero-order chi connectivity index (χ0) is 13.0. The van der Waals surface area contributed by atoms with E-state index < -0.39 is 0 Å². The van der Waals surface area contributed by atoms with Gasteiger partial charge in [0.05, 0.1) is 6.04 Å². The number of nitrogens with zero attached hydrogens (tertiary/aromatic N) is 2. The van der Waals surface area contributed by atoms with Gasteiger partial charge in [0, 0.05) is 23.3 Å². The third kappa shape index (κ3) is 2.84. The van der Waals surface area contributed by atoms with Gasteiger partial charge in [0.2, 0.25) is 0 Å². The lowest BCUT2D eigenvalue weighted by Crippen LogP contribution is -2.28. The molecule has 0 radical (unpaired) electrons. The van der Waals surface area contributed by atoms with Gasteiger partial charge in [0.25, 0.3) is 5.91 Å². The molecule has 2 rings (SSSR count). The number of hydrogen-bond donors (Lipinski definition) is 2. The summed E-state index contributed by atoms with van der Waals surface area (Å²) in [6.45, 7) is 2.01. The molecule has 1 amide bonds. The lowest BCUT2D eigenvalue weighted by Gasteiger charge is -2.14. The number of thiazole rings is 1. The van der Waals surface area contributed by atoms with Crippen molar-refractivity contribution in [2.24, 2.45) is 0 Å². The Labute approximate surface area is 109 Å². The van der Waals surface area contributed by atoms with Crippen LogP contribution >= 0.6 is 11.3 Å². The van der Waals surface area contributed by atoms with Gasteiger partial charge in [0.1, 0.15) is 10.8 Å². The lowest BCUT2D eigenvalue weighted by molar-refractivity contribution is 0.0935. The topological polar surface area (TPSA) is 80.9 Å². The summed E-state index contributed by atoms with van der Waals surface area (Å²) in [5, 5.41) is 5.75. The molecule has 0 bridgehead atoms. The molecule has 0 saturated carbocycles. The highest BCUT2D eigenvalue weighted by Gasteiger charge is 2.16. The number of carbonyl (C=O) groups excluding carboxylic acids is 1. The summed E-state index contributed by atoms with van der Waals surface area (Å²) in [5.74, 6) is 0.177. The minimum atomic E-state index is -0.161. The molecule has 5 nitrogen and oxygen atoms in total. The van der Waals surface area contributed by atoms with Crippen LogP contribution in [0.3, 0.4) is 0 Å². The van der Waals surface area contributed by atoms with Crippen LogP contribution in [0.15, 0.2) is 29.9 Å². The summed E-state index contributed by atoms with van der Waals surface area (Å²) in [5.41, 5.74) is 6.06. The zero-order valence-corrected chi connectivity index (χ0v) is 10.8. The molecule has 1 atom stereocenters. The van der Waals surface area contributed by atoms with E-state index in [1.165, 1.54) is 17.5 Å². The monoisotopic (exact) mass is 262 g/mol. The molecule has 1 unspecified atom stereocenters. The predicted octanol–water partition coefficient (Wildman–Crippen LogP) is 2.00. The first-order chi connectivity index (χ1) is 8.70. The van der Waals surface area contributed by atoms with Crippen LogP contribution in [0, 0.1) is 0 Å². The largest absolute Gasteiger partial charge is 0.384 e. The lowest BCUT2D eigenvalue weighted by atomic mass is 10.2. The fraction of sp³-hybridized carbons (Fsp3) is 0.250. The van der Waals surface area contributed by atoms with Crippen LogP contribution in [0.2, 0.25) is 0 Å². The summed E-state index contributed by atoms with van der Waals surface area (Å²) in [7, 11) is 0. The highest BCUT2D eigenvalue weighted by atomic mass is 32.1. The second kappa shape index (κ2) is 5.59. The molecule has 6 heteroatoms. The molecule has 3 N–H and O–H groups in total. The Morgan fingerprint density at radius 2 is 2.33 bits per heavy atom. The van der Waals surface area contributed by atoms with Crippen LogP contribution in [0.5, 0.6) is 0 Å². The van der Waals surface area contributed by atoms with Crippen molar-refractivity contribution in [2.75, 3.05) is 5.73 Å². The molecule has 2 heterocycles. The highest BCUT2D eigenvalue weighted by molar-refractivity contribution is 7.09. The molecule has 0 aromatic carbocycles. The number of nitrogen functional groups attached to an aromatic ring is 1. The SMILES string of the molecule is CCC(NC(=O)c1ccnc(N)c1)c1nccs1. The fourth-order valence-corrected chi connectivity index (χ4v) is 2.35. The summed E-state index contributed by atoms with van der Waals surface area (Å²) in [6.07, 6.45) is 4.05. The molecule has 2 aromatic rings. The maximum absolute atomic E-state index is 12.0. The molecule has 2 aromatic heterocycles. The smallest absolute Gasteiger partial charge is 0.252 e. The molecule has 94 valence electrons. The Morgan fingerprint density at radius 3 is 2.94 bits per heavy atom. The van der Waals surface area contributed by atoms with E-state index in [0.717, 1.165) is 11.4 Å². The summed E-state index contributed by atoms with van der Waals surface area (Å²) < 4.78 is 0. The first kappa shape index (κ1) is 12.5. The fourth-order valence-electron chi connectivity index (χ4n) is 1.58. The molecular weight excluding hydrogens is 248 g/mol. The Balaban J connectivity index is 2.11. The van der Waals surface area contributed by atoms with Crippen LogP contribution in [0.25, 0.3) is 0 Å². The van der Waals surface area contributed by atoms with Crippen molar-refractivity contribution in [3.63, 3.8) is 0 Å². The molecule has 18 heavy (non-hydrogen) atoms. The van der Waals surface area contributed by atoms with E-state index >= 15 is 0 Å². The van der Waals surface area contributed by atoms with Gasteiger partial charge in [-0.15, -0.1) is 11.3 Å². The number of pyridine rings is 1. The maximum Gasteiger partial charge on any atom is 0.252 e. The molecular formula is C12H14N4OS. The first-order valence-electron chi connectivity index (χ1n) is 5.62. The van der Waals surface area contributed by atoms with Crippen LogP contribution in [-0.4, -0.2) is 15.9 Å². The summed E-state index contributed by atoms with van der Waals surface area (Å²) in [4.78, 5) is 20.1. The Bertz CT molecular complexity index is 527. The van der Waals surface area contributed by atoms with Crippen molar-refractivity contribution in [3.8, 4) is 0 Å². The predicted molar refractivity (Wildman–Crippen MR) is 71.3 cm³/mol. The minimum absolute atomic E-state index is 0.0631. The second-order valence-corrected chi connectivity index (χ2v) is 4.70. The number of nitrogens with one attached hydrogen (secondary N) is 1. The quantitative estimate of drug-likeness (QED) is 0.883. The van der Waals surface area contributed by atoms with Crippen LogP contribution in [0.1, 0.15) is 34.8 Å². The van der Waals surface area contributed by atoms with Gasteiger partial charge in [-0.05, 0) is 18.6 Å². The molecule has 0 fully saturated rings. The Morgan fingerprint density at radius 1 is 1.50 bits per heavy atom.